The molecule has 0 aliphatic heterocycles. The number of hydrogen-bond acceptors (Lipinski definition) is 4. The predicted octanol–water partition coefficient (Wildman–Crippen LogP) is 2.03. The lowest BCUT2D eigenvalue weighted by molar-refractivity contribution is 0.0937. The summed E-state index contributed by atoms with van der Waals surface area (Å²) in [5, 5.41) is 2.98. The average molecular weight is 264 g/mol. The summed E-state index contributed by atoms with van der Waals surface area (Å²) >= 11 is 0. The van der Waals surface area contributed by atoms with Gasteiger partial charge in [-0.2, -0.15) is 0 Å². The molecule has 1 amide bonds. The molecule has 5 heteroatoms. The molecule has 1 aromatic rings. The first-order valence-corrected chi connectivity index (χ1v) is 6.66. The maximum atomic E-state index is 12.1. The number of rotatable bonds is 6. The van der Waals surface area contributed by atoms with Crippen molar-refractivity contribution in [2.24, 2.45) is 23.6 Å². The maximum Gasteiger partial charge on any atom is 0.251 e. The third-order valence-electron chi connectivity index (χ3n) is 3.38. The molecular formula is C14H24N4O. The minimum absolute atomic E-state index is 0.0924. The van der Waals surface area contributed by atoms with Gasteiger partial charge >= 0.3 is 0 Å². The standard InChI is InChI=1S/C14H24N4O/c1-9(2)12(10(3)4)8-17-14(19)11-5-6-16-13(7-11)18-15/h5-7,9-10,12H,8,15H2,1-4H3,(H,16,18)(H,17,19). The summed E-state index contributed by atoms with van der Waals surface area (Å²) in [6, 6.07) is 3.31. The van der Waals surface area contributed by atoms with Gasteiger partial charge in [0.25, 0.3) is 5.91 Å². The molecule has 0 saturated carbocycles. The zero-order valence-electron chi connectivity index (χ0n) is 12.1. The largest absolute Gasteiger partial charge is 0.352 e. The zero-order chi connectivity index (χ0) is 14.4. The summed E-state index contributed by atoms with van der Waals surface area (Å²) in [6.45, 7) is 9.40. The van der Waals surface area contributed by atoms with Crippen LogP contribution >= 0.6 is 0 Å². The molecule has 0 radical (unpaired) electrons. The number of aromatic nitrogens is 1. The second-order valence-electron chi connectivity index (χ2n) is 5.44. The van der Waals surface area contributed by atoms with E-state index in [2.05, 4.69) is 43.4 Å². The van der Waals surface area contributed by atoms with Crippen LogP contribution in [0.4, 0.5) is 5.82 Å². The number of nitrogens with two attached hydrogens (primary N) is 1. The molecule has 0 aliphatic rings. The number of hydrazine groups is 1. The molecule has 106 valence electrons. The summed E-state index contributed by atoms with van der Waals surface area (Å²) in [6.07, 6.45) is 1.56. The Balaban J connectivity index is 2.64. The van der Waals surface area contributed by atoms with Gasteiger partial charge in [-0.05, 0) is 29.9 Å². The van der Waals surface area contributed by atoms with Gasteiger partial charge in [0.2, 0.25) is 0 Å². The number of nitrogens with one attached hydrogen (secondary N) is 2. The van der Waals surface area contributed by atoms with Gasteiger partial charge in [-0.25, -0.2) is 10.8 Å². The minimum Gasteiger partial charge on any atom is -0.352 e. The van der Waals surface area contributed by atoms with Gasteiger partial charge in [-0.1, -0.05) is 27.7 Å². The van der Waals surface area contributed by atoms with Crippen LogP contribution in [-0.4, -0.2) is 17.4 Å². The molecule has 4 N–H and O–H groups in total. The number of nitrogens with zero attached hydrogens (tertiary/aromatic N) is 1. The summed E-state index contributed by atoms with van der Waals surface area (Å²) < 4.78 is 0. The Kier molecular flexibility index (Phi) is 5.76. The van der Waals surface area contributed by atoms with Crippen molar-refractivity contribution in [3.8, 4) is 0 Å². The van der Waals surface area contributed by atoms with Crippen molar-refractivity contribution in [2.75, 3.05) is 12.0 Å². The van der Waals surface area contributed by atoms with Gasteiger partial charge in [0.05, 0.1) is 0 Å². The number of nitrogen functional groups attached to an aromatic ring is 1. The van der Waals surface area contributed by atoms with E-state index in [9.17, 15) is 4.79 Å². The lowest BCUT2D eigenvalue weighted by atomic mass is 9.85. The van der Waals surface area contributed by atoms with Crippen molar-refractivity contribution in [1.82, 2.24) is 10.3 Å². The molecule has 1 aromatic heterocycles. The van der Waals surface area contributed by atoms with Crippen LogP contribution in [0.3, 0.4) is 0 Å². The Labute approximate surface area is 115 Å². The molecule has 0 bridgehead atoms. The van der Waals surface area contributed by atoms with Crippen LogP contribution in [0.2, 0.25) is 0 Å². The van der Waals surface area contributed by atoms with Crippen LogP contribution in [0.25, 0.3) is 0 Å². The molecule has 0 fully saturated rings. The van der Waals surface area contributed by atoms with E-state index in [1.54, 1.807) is 18.3 Å². The topological polar surface area (TPSA) is 80.0 Å². The molecule has 1 heterocycles. The normalized spacial score (nSPS) is 11.2. The van der Waals surface area contributed by atoms with Crippen LogP contribution in [0.5, 0.6) is 0 Å². The van der Waals surface area contributed by atoms with Crippen molar-refractivity contribution in [3.05, 3.63) is 23.9 Å². The van der Waals surface area contributed by atoms with Crippen molar-refractivity contribution >= 4 is 11.7 Å². The third kappa shape index (κ3) is 4.52. The first-order valence-electron chi connectivity index (χ1n) is 6.66. The van der Waals surface area contributed by atoms with Crippen molar-refractivity contribution in [2.45, 2.75) is 27.7 Å². The number of hydrogen-bond donors (Lipinski definition) is 3. The van der Waals surface area contributed by atoms with E-state index in [-0.39, 0.29) is 5.91 Å². The van der Waals surface area contributed by atoms with Gasteiger partial charge in [-0.15, -0.1) is 0 Å². The molecular weight excluding hydrogens is 240 g/mol. The monoisotopic (exact) mass is 264 g/mol. The highest BCUT2D eigenvalue weighted by atomic mass is 16.1. The smallest absolute Gasteiger partial charge is 0.251 e. The predicted molar refractivity (Wildman–Crippen MR) is 77.5 cm³/mol. The van der Waals surface area contributed by atoms with E-state index in [4.69, 9.17) is 5.84 Å². The molecule has 0 aromatic carbocycles. The van der Waals surface area contributed by atoms with Crippen molar-refractivity contribution in [1.29, 1.82) is 0 Å². The first-order chi connectivity index (χ1) is 8.95. The molecule has 0 atom stereocenters. The molecule has 0 aliphatic carbocycles. The number of carbonyl (C=O) groups is 1. The highest BCUT2D eigenvalue weighted by Crippen LogP contribution is 2.19. The maximum absolute atomic E-state index is 12.1. The second kappa shape index (κ2) is 7.09. The van der Waals surface area contributed by atoms with Crippen LogP contribution in [0.1, 0.15) is 38.1 Å². The first kappa shape index (κ1) is 15.4. The second-order valence-corrected chi connectivity index (χ2v) is 5.44. The Morgan fingerprint density at radius 2 is 1.95 bits per heavy atom. The Hall–Kier alpha value is -1.62. The molecule has 0 saturated heterocycles. The molecule has 1 rings (SSSR count). The fourth-order valence-corrected chi connectivity index (χ4v) is 2.20. The van der Waals surface area contributed by atoms with Crippen molar-refractivity contribution in [3.63, 3.8) is 0 Å². The van der Waals surface area contributed by atoms with Crippen molar-refractivity contribution < 1.29 is 4.79 Å². The van der Waals surface area contributed by atoms with E-state index < -0.39 is 0 Å². The number of amides is 1. The summed E-state index contributed by atoms with van der Waals surface area (Å²) in [4.78, 5) is 16.0. The molecule has 5 nitrogen and oxygen atoms in total. The Morgan fingerprint density at radius 3 is 2.47 bits per heavy atom. The van der Waals surface area contributed by atoms with E-state index in [0.29, 0.717) is 35.7 Å². The van der Waals surface area contributed by atoms with Gasteiger partial charge in [0.1, 0.15) is 5.82 Å². The Bertz CT molecular complexity index is 410. The highest BCUT2D eigenvalue weighted by molar-refractivity contribution is 5.94. The summed E-state index contributed by atoms with van der Waals surface area (Å²) in [5.41, 5.74) is 3.00. The molecule has 0 spiro atoms. The zero-order valence-corrected chi connectivity index (χ0v) is 12.1. The van der Waals surface area contributed by atoms with Crippen LogP contribution < -0.4 is 16.6 Å². The molecule has 19 heavy (non-hydrogen) atoms. The SMILES string of the molecule is CC(C)C(CNC(=O)c1ccnc(NN)c1)C(C)C. The van der Waals surface area contributed by atoms with Crippen LogP contribution in [-0.2, 0) is 0 Å². The van der Waals surface area contributed by atoms with E-state index in [1.165, 1.54) is 0 Å². The number of anilines is 1. The van der Waals surface area contributed by atoms with Crippen LogP contribution in [0, 0.1) is 17.8 Å². The van der Waals surface area contributed by atoms with E-state index >= 15 is 0 Å². The summed E-state index contributed by atoms with van der Waals surface area (Å²) in [5.74, 6) is 7.22. The number of pyridine rings is 1. The quantitative estimate of drug-likeness (QED) is 0.542. The highest BCUT2D eigenvalue weighted by Gasteiger charge is 2.18. The molecule has 0 unspecified atom stereocenters. The van der Waals surface area contributed by atoms with Crippen LogP contribution in [0.15, 0.2) is 18.3 Å². The lowest BCUT2D eigenvalue weighted by Crippen LogP contribution is -2.34. The fraction of sp³-hybridized carbons (Fsp3) is 0.571. The van der Waals surface area contributed by atoms with Gasteiger partial charge < -0.3 is 10.7 Å². The van der Waals surface area contributed by atoms with Gasteiger partial charge in [0, 0.05) is 18.3 Å². The lowest BCUT2D eigenvalue weighted by Gasteiger charge is -2.25. The average Bonchev–Trinajstić information content (AvgIpc) is 2.38. The van der Waals surface area contributed by atoms with E-state index in [0.717, 1.165) is 0 Å². The van der Waals surface area contributed by atoms with Gasteiger partial charge in [0.15, 0.2) is 0 Å². The minimum atomic E-state index is -0.0924. The third-order valence-corrected chi connectivity index (χ3v) is 3.38. The van der Waals surface area contributed by atoms with E-state index in [1.807, 2.05) is 0 Å². The number of carbonyl (C=O) groups excluding carboxylic acids is 1. The Morgan fingerprint density at radius 1 is 1.32 bits per heavy atom. The fourth-order valence-electron chi connectivity index (χ4n) is 2.20. The van der Waals surface area contributed by atoms with Gasteiger partial charge in [-0.3, -0.25) is 4.79 Å². The summed E-state index contributed by atoms with van der Waals surface area (Å²) in [7, 11) is 0.